The zero-order valence-corrected chi connectivity index (χ0v) is 11.9. The molecule has 7 nitrogen and oxygen atoms in total. The molecule has 2 aromatic heterocycles. The van der Waals surface area contributed by atoms with Crippen molar-refractivity contribution in [2.24, 2.45) is 0 Å². The van der Waals surface area contributed by atoms with E-state index >= 15 is 0 Å². The standard InChI is InChI=1S/C12H13N5O2S/c1-3-19-10(18)7-14-11-8(6-13)12(20-2)16-9-4-5-15-17(9)11/h4-5,14H,3,7H2,1-2H3. The number of carbonyl (C=O) groups excluding carboxylic acids is 1. The number of esters is 1. The van der Waals surface area contributed by atoms with Crippen molar-refractivity contribution in [3.05, 3.63) is 17.8 Å². The molecular formula is C12H13N5O2S. The van der Waals surface area contributed by atoms with Gasteiger partial charge in [-0.25, -0.2) is 4.98 Å². The molecule has 104 valence electrons. The van der Waals surface area contributed by atoms with E-state index < -0.39 is 0 Å². The maximum absolute atomic E-state index is 11.4. The molecule has 0 amide bonds. The smallest absolute Gasteiger partial charge is 0.325 e. The van der Waals surface area contributed by atoms with Gasteiger partial charge in [0.25, 0.3) is 0 Å². The van der Waals surface area contributed by atoms with Crippen LogP contribution < -0.4 is 5.32 Å². The van der Waals surface area contributed by atoms with Gasteiger partial charge in [0.15, 0.2) is 11.5 Å². The number of fused-ring (bicyclic) bond motifs is 1. The Kier molecular flexibility index (Phi) is 4.42. The number of thioether (sulfide) groups is 1. The third-order valence-corrected chi connectivity index (χ3v) is 3.19. The van der Waals surface area contributed by atoms with Crippen LogP contribution in [0.5, 0.6) is 0 Å². The minimum Gasteiger partial charge on any atom is -0.465 e. The fraction of sp³-hybridized carbons (Fsp3) is 0.333. The molecule has 20 heavy (non-hydrogen) atoms. The molecular weight excluding hydrogens is 278 g/mol. The Morgan fingerprint density at radius 1 is 1.65 bits per heavy atom. The molecule has 1 N–H and O–H groups in total. The molecule has 2 rings (SSSR count). The van der Waals surface area contributed by atoms with Gasteiger partial charge in [-0.1, -0.05) is 0 Å². The highest BCUT2D eigenvalue weighted by Gasteiger charge is 2.16. The number of ether oxygens (including phenoxy) is 1. The summed E-state index contributed by atoms with van der Waals surface area (Å²) in [5.74, 6) is 0.0547. The lowest BCUT2D eigenvalue weighted by atomic mass is 10.3. The molecule has 0 aliphatic heterocycles. The summed E-state index contributed by atoms with van der Waals surface area (Å²) in [7, 11) is 0. The molecule has 0 fully saturated rings. The average Bonchev–Trinajstić information content (AvgIpc) is 2.91. The predicted octanol–water partition coefficient (Wildman–Crippen LogP) is 1.30. The highest BCUT2D eigenvalue weighted by Crippen LogP contribution is 2.25. The largest absolute Gasteiger partial charge is 0.465 e. The summed E-state index contributed by atoms with van der Waals surface area (Å²) in [5, 5.41) is 16.9. The fourth-order valence-corrected chi connectivity index (χ4v) is 2.23. The van der Waals surface area contributed by atoms with Gasteiger partial charge < -0.3 is 10.1 Å². The fourth-order valence-electron chi connectivity index (χ4n) is 1.70. The minimum absolute atomic E-state index is 0.0324. The average molecular weight is 291 g/mol. The zero-order chi connectivity index (χ0) is 14.5. The Hall–Kier alpha value is -2.27. The first-order valence-electron chi connectivity index (χ1n) is 5.92. The van der Waals surface area contributed by atoms with Crippen molar-refractivity contribution < 1.29 is 9.53 Å². The van der Waals surface area contributed by atoms with Crippen molar-refractivity contribution in [3.8, 4) is 6.07 Å². The first-order valence-corrected chi connectivity index (χ1v) is 7.15. The normalized spacial score (nSPS) is 10.2. The quantitative estimate of drug-likeness (QED) is 0.504. The van der Waals surface area contributed by atoms with E-state index in [0.29, 0.717) is 28.7 Å². The van der Waals surface area contributed by atoms with Crippen LogP contribution in [0.15, 0.2) is 17.3 Å². The number of carbonyl (C=O) groups is 1. The van der Waals surface area contributed by atoms with Crippen LogP contribution in [0.4, 0.5) is 5.82 Å². The van der Waals surface area contributed by atoms with Gasteiger partial charge in [0.2, 0.25) is 0 Å². The monoisotopic (exact) mass is 291 g/mol. The maximum Gasteiger partial charge on any atom is 0.325 e. The van der Waals surface area contributed by atoms with Gasteiger partial charge in [0, 0.05) is 6.07 Å². The van der Waals surface area contributed by atoms with Crippen LogP contribution in [-0.4, -0.2) is 40.0 Å². The molecule has 0 saturated carbocycles. The van der Waals surface area contributed by atoms with Crippen LogP contribution in [0, 0.1) is 11.3 Å². The molecule has 0 atom stereocenters. The Labute approximate surface area is 119 Å². The van der Waals surface area contributed by atoms with Crippen LogP contribution in [0.1, 0.15) is 12.5 Å². The summed E-state index contributed by atoms with van der Waals surface area (Å²) in [6.07, 6.45) is 3.42. The third-order valence-electron chi connectivity index (χ3n) is 2.51. The number of rotatable bonds is 5. The van der Waals surface area contributed by atoms with E-state index in [1.54, 1.807) is 19.2 Å². The van der Waals surface area contributed by atoms with Gasteiger partial charge >= 0.3 is 5.97 Å². The minimum atomic E-state index is -0.390. The first kappa shape index (κ1) is 14.1. The molecule has 8 heteroatoms. The Morgan fingerprint density at radius 2 is 2.45 bits per heavy atom. The molecule has 0 bridgehead atoms. The Bertz CT molecular complexity index is 676. The number of nitrogens with zero attached hydrogens (tertiary/aromatic N) is 4. The SMILES string of the molecule is CCOC(=O)CNc1c(C#N)c(SC)nc2ccnn12. The second-order valence-electron chi connectivity index (χ2n) is 3.72. The van der Waals surface area contributed by atoms with E-state index in [9.17, 15) is 10.1 Å². The highest BCUT2D eigenvalue weighted by atomic mass is 32.2. The van der Waals surface area contributed by atoms with E-state index in [1.165, 1.54) is 16.3 Å². The van der Waals surface area contributed by atoms with Crippen molar-refractivity contribution in [1.29, 1.82) is 5.26 Å². The number of nitrogens with one attached hydrogen (secondary N) is 1. The summed E-state index contributed by atoms with van der Waals surface area (Å²) in [4.78, 5) is 15.8. The lowest BCUT2D eigenvalue weighted by Crippen LogP contribution is -2.19. The maximum atomic E-state index is 11.4. The van der Waals surface area contributed by atoms with Crippen molar-refractivity contribution in [2.75, 3.05) is 24.7 Å². The van der Waals surface area contributed by atoms with Crippen LogP contribution >= 0.6 is 11.8 Å². The third kappa shape index (κ3) is 2.67. The van der Waals surface area contributed by atoms with Crippen molar-refractivity contribution in [1.82, 2.24) is 14.6 Å². The van der Waals surface area contributed by atoms with Gasteiger partial charge in [-0.3, -0.25) is 4.79 Å². The molecule has 0 spiro atoms. The molecule has 2 heterocycles. The molecule has 0 aliphatic carbocycles. The summed E-state index contributed by atoms with van der Waals surface area (Å²) < 4.78 is 6.35. The first-order chi connectivity index (χ1) is 9.71. The molecule has 2 aromatic rings. The molecule has 0 aromatic carbocycles. The summed E-state index contributed by atoms with van der Waals surface area (Å²) in [5.41, 5.74) is 0.970. The van der Waals surface area contributed by atoms with Crippen molar-refractivity contribution >= 4 is 29.2 Å². The second kappa shape index (κ2) is 6.25. The van der Waals surface area contributed by atoms with Crippen LogP contribution in [0.2, 0.25) is 0 Å². The lowest BCUT2D eigenvalue weighted by Gasteiger charge is -2.11. The van der Waals surface area contributed by atoms with Crippen molar-refractivity contribution in [2.45, 2.75) is 11.9 Å². The van der Waals surface area contributed by atoms with E-state index in [4.69, 9.17) is 4.74 Å². The number of hydrogen-bond acceptors (Lipinski definition) is 7. The predicted molar refractivity (Wildman–Crippen MR) is 74.6 cm³/mol. The Balaban J connectivity index is 2.41. The molecule has 0 aliphatic rings. The van der Waals surface area contributed by atoms with Gasteiger partial charge in [0.1, 0.15) is 23.2 Å². The van der Waals surface area contributed by atoms with Crippen LogP contribution in [-0.2, 0) is 9.53 Å². The number of aromatic nitrogens is 3. The number of nitriles is 1. The summed E-state index contributed by atoms with van der Waals surface area (Å²) >= 11 is 1.37. The van der Waals surface area contributed by atoms with Gasteiger partial charge in [-0.05, 0) is 13.2 Å². The van der Waals surface area contributed by atoms with Gasteiger partial charge in [-0.15, -0.1) is 11.8 Å². The molecule has 0 radical (unpaired) electrons. The second-order valence-corrected chi connectivity index (χ2v) is 4.51. The summed E-state index contributed by atoms with van der Waals surface area (Å²) in [6, 6.07) is 3.83. The number of anilines is 1. The van der Waals surface area contributed by atoms with Crippen molar-refractivity contribution in [3.63, 3.8) is 0 Å². The number of hydrogen-bond donors (Lipinski definition) is 1. The lowest BCUT2D eigenvalue weighted by molar-refractivity contribution is -0.140. The Morgan fingerprint density at radius 3 is 3.10 bits per heavy atom. The van der Waals surface area contributed by atoms with E-state index in [-0.39, 0.29) is 12.5 Å². The van der Waals surface area contributed by atoms with E-state index in [2.05, 4.69) is 21.5 Å². The summed E-state index contributed by atoms with van der Waals surface area (Å²) in [6.45, 7) is 2.02. The van der Waals surface area contributed by atoms with Gasteiger partial charge in [0.05, 0.1) is 12.8 Å². The van der Waals surface area contributed by atoms with Gasteiger partial charge in [-0.2, -0.15) is 14.9 Å². The highest BCUT2D eigenvalue weighted by molar-refractivity contribution is 7.98. The van der Waals surface area contributed by atoms with E-state index in [1.807, 2.05) is 6.26 Å². The molecule has 0 saturated heterocycles. The van der Waals surface area contributed by atoms with E-state index in [0.717, 1.165) is 0 Å². The molecule has 0 unspecified atom stereocenters. The van der Waals surface area contributed by atoms with Crippen LogP contribution in [0.25, 0.3) is 5.65 Å². The topological polar surface area (TPSA) is 92.3 Å². The zero-order valence-electron chi connectivity index (χ0n) is 11.1. The van der Waals surface area contributed by atoms with Crippen LogP contribution in [0.3, 0.4) is 0 Å².